The molecule has 4 N–H and O–H groups in total. The number of aromatic nitrogens is 4. The van der Waals surface area contributed by atoms with Gasteiger partial charge in [-0.15, -0.1) is 0 Å². The molecule has 3 aromatic carbocycles. The number of aromatic amines is 1. The van der Waals surface area contributed by atoms with Crippen molar-refractivity contribution in [2.24, 2.45) is 0 Å². The molecule has 0 amide bonds. The predicted molar refractivity (Wildman–Crippen MR) is 161 cm³/mol. The van der Waals surface area contributed by atoms with Crippen molar-refractivity contribution in [1.82, 2.24) is 20.2 Å². The molecular formula is C29H33FN6O4S. The molecule has 0 aliphatic rings. The third-order valence-electron chi connectivity index (χ3n) is 6.20. The summed E-state index contributed by atoms with van der Waals surface area (Å²) >= 11 is 0. The zero-order valence-electron chi connectivity index (χ0n) is 23.4. The first-order valence-corrected chi connectivity index (χ1v) is 14.8. The minimum atomic E-state index is -3.66. The number of nitrogens with zero attached hydrogens (tertiary/aromatic N) is 3. The Morgan fingerprint density at radius 3 is 2.41 bits per heavy atom. The van der Waals surface area contributed by atoms with E-state index < -0.39 is 15.8 Å². The third kappa shape index (κ3) is 6.55. The lowest BCUT2D eigenvalue weighted by Crippen LogP contribution is -2.17. The summed E-state index contributed by atoms with van der Waals surface area (Å²) < 4.78 is 52.6. The maximum atomic E-state index is 15.4. The molecule has 0 radical (unpaired) electrons. The summed E-state index contributed by atoms with van der Waals surface area (Å²) in [5.41, 5.74) is 8.89. The van der Waals surface area contributed by atoms with Gasteiger partial charge in [0.2, 0.25) is 10.0 Å². The third-order valence-corrected chi connectivity index (χ3v) is 7.67. The fraction of sp³-hybridized carbons (Fsp3) is 0.276. The smallest absolute Gasteiger partial charge is 0.232 e. The summed E-state index contributed by atoms with van der Waals surface area (Å²) in [4.78, 5) is 9.21. The van der Waals surface area contributed by atoms with Gasteiger partial charge in [-0.2, -0.15) is 5.10 Å². The highest BCUT2D eigenvalue weighted by molar-refractivity contribution is 7.92. The van der Waals surface area contributed by atoms with Gasteiger partial charge in [-0.1, -0.05) is 31.2 Å². The largest absolute Gasteiger partial charge is 0.494 e. The Morgan fingerprint density at radius 1 is 1.00 bits per heavy atom. The van der Waals surface area contributed by atoms with E-state index in [0.29, 0.717) is 34.5 Å². The maximum absolute atomic E-state index is 15.4. The van der Waals surface area contributed by atoms with Crippen LogP contribution in [-0.2, 0) is 14.8 Å². The number of benzene rings is 3. The number of halogens is 1. The first-order valence-electron chi connectivity index (χ1n) is 13.2. The summed E-state index contributed by atoms with van der Waals surface area (Å²) in [6.45, 7) is 7.40. The summed E-state index contributed by atoms with van der Waals surface area (Å²) in [5, 5.41) is 8.32. The Hall–Kier alpha value is -4.29. The number of methoxy groups -OCH3 is 1. The average molecular weight is 581 g/mol. The van der Waals surface area contributed by atoms with Crippen molar-refractivity contribution in [3.63, 3.8) is 0 Å². The van der Waals surface area contributed by atoms with Gasteiger partial charge in [-0.25, -0.2) is 22.8 Å². The molecule has 2 aromatic heterocycles. The number of ether oxygens (including phenoxy) is 2. The fourth-order valence-electron chi connectivity index (χ4n) is 4.34. The van der Waals surface area contributed by atoms with Crippen molar-refractivity contribution in [2.45, 2.75) is 27.2 Å². The SMILES string of the molecule is CCCS(=O)(=O)Nc1cccc(-c2cc(OC)c3nc(-c4cccc5[nH]ncc45)nc(N)c3c2)c1F.CCOCC. The molecule has 10 nitrogen and oxygen atoms in total. The lowest BCUT2D eigenvalue weighted by Gasteiger charge is -2.14. The lowest BCUT2D eigenvalue weighted by molar-refractivity contribution is 0.162. The highest BCUT2D eigenvalue weighted by Crippen LogP contribution is 2.37. The number of nitrogen functional groups attached to an aromatic ring is 1. The van der Waals surface area contributed by atoms with Gasteiger partial charge in [-0.3, -0.25) is 9.82 Å². The van der Waals surface area contributed by atoms with Crippen LogP contribution in [0, 0.1) is 5.82 Å². The summed E-state index contributed by atoms with van der Waals surface area (Å²) in [6, 6.07) is 13.5. The highest BCUT2D eigenvalue weighted by atomic mass is 32.2. The Labute approximate surface area is 238 Å². The summed E-state index contributed by atoms with van der Waals surface area (Å²) in [5.74, 6) is 0.144. The Bertz CT molecular complexity index is 1770. The standard InChI is InChI=1S/C25H23FN6O3S.C4H10O/c1-3-10-36(33,34)32-20-9-4-6-15(22(20)26)14-11-17-23(21(12-14)35-2)29-25(30-24(17)27)16-7-5-8-19-18(16)13-28-31-19;1-3-5-4-2/h4-9,11-13,32H,3,10H2,1-2H3,(H,28,31)(H2,27,29,30);3-4H2,1-2H3. The van der Waals surface area contributed by atoms with Crippen molar-refractivity contribution in [3.8, 4) is 28.3 Å². The van der Waals surface area contributed by atoms with Crippen LogP contribution in [0.15, 0.2) is 54.7 Å². The van der Waals surface area contributed by atoms with E-state index in [-0.39, 0.29) is 22.8 Å². The molecule has 0 fully saturated rings. The number of sulfonamides is 1. The predicted octanol–water partition coefficient (Wildman–Crippen LogP) is 5.76. The topological polar surface area (TPSA) is 145 Å². The lowest BCUT2D eigenvalue weighted by atomic mass is 10.0. The maximum Gasteiger partial charge on any atom is 0.232 e. The molecule has 0 unspecified atom stereocenters. The summed E-state index contributed by atoms with van der Waals surface area (Å²) in [6.07, 6.45) is 2.11. The second-order valence-electron chi connectivity index (χ2n) is 9.01. The van der Waals surface area contributed by atoms with E-state index >= 15 is 4.39 Å². The first kappa shape index (κ1) is 29.7. The van der Waals surface area contributed by atoms with Gasteiger partial charge in [0, 0.05) is 35.1 Å². The molecule has 0 bridgehead atoms. The molecule has 0 saturated heterocycles. The zero-order valence-corrected chi connectivity index (χ0v) is 24.2. The van der Waals surface area contributed by atoms with Crippen molar-refractivity contribution in [2.75, 3.05) is 36.5 Å². The number of nitrogens with one attached hydrogen (secondary N) is 2. The van der Waals surface area contributed by atoms with Gasteiger partial charge in [0.15, 0.2) is 11.6 Å². The van der Waals surface area contributed by atoms with Gasteiger partial charge < -0.3 is 15.2 Å². The highest BCUT2D eigenvalue weighted by Gasteiger charge is 2.19. The van der Waals surface area contributed by atoms with Crippen LogP contribution in [0.2, 0.25) is 0 Å². The van der Waals surface area contributed by atoms with E-state index in [1.807, 2.05) is 32.0 Å². The van der Waals surface area contributed by atoms with E-state index in [1.165, 1.54) is 13.2 Å². The van der Waals surface area contributed by atoms with E-state index in [2.05, 4.69) is 19.9 Å². The van der Waals surface area contributed by atoms with Crippen molar-refractivity contribution in [3.05, 3.63) is 60.5 Å². The molecule has 2 heterocycles. The molecule has 12 heteroatoms. The molecule has 5 aromatic rings. The fourth-order valence-corrected chi connectivity index (χ4v) is 5.48. The van der Waals surface area contributed by atoms with Crippen molar-refractivity contribution < 1.29 is 22.3 Å². The number of anilines is 2. The van der Waals surface area contributed by atoms with E-state index in [9.17, 15) is 8.42 Å². The molecule has 216 valence electrons. The van der Waals surface area contributed by atoms with E-state index in [0.717, 1.165) is 29.7 Å². The van der Waals surface area contributed by atoms with Crippen molar-refractivity contribution >= 4 is 43.3 Å². The number of hydrogen-bond acceptors (Lipinski definition) is 8. The molecule has 0 atom stereocenters. The second kappa shape index (κ2) is 12.9. The van der Waals surface area contributed by atoms with Crippen LogP contribution in [0.3, 0.4) is 0 Å². The molecule has 5 rings (SSSR count). The molecule has 0 aliphatic heterocycles. The van der Waals surface area contributed by atoms with Crippen LogP contribution in [0.4, 0.5) is 15.9 Å². The molecule has 41 heavy (non-hydrogen) atoms. The van der Waals surface area contributed by atoms with Crippen LogP contribution < -0.4 is 15.2 Å². The Morgan fingerprint density at radius 2 is 1.73 bits per heavy atom. The average Bonchev–Trinajstić information content (AvgIpc) is 3.44. The quantitative estimate of drug-likeness (QED) is 0.199. The first-order chi connectivity index (χ1) is 19.7. The van der Waals surface area contributed by atoms with Gasteiger partial charge in [0.05, 0.1) is 30.3 Å². The number of hydrogen-bond donors (Lipinski definition) is 3. The van der Waals surface area contributed by atoms with Crippen LogP contribution in [0.1, 0.15) is 27.2 Å². The Balaban J connectivity index is 0.000000714. The van der Waals surface area contributed by atoms with Gasteiger partial charge >= 0.3 is 0 Å². The van der Waals surface area contributed by atoms with E-state index in [4.69, 9.17) is 20.2 Å². The summed E-state index contributed by atoms with van der Waals surface area (Å²) in [7, 11) is -2.18. The van der Waals surface area contributed by atoms with Crippen molar-refractivity contribution in [1.29, 1.82) is 0 Å². The number of nitrogens with two attached hydrogens (primary N) is 1. The van der Waals surface area contributed by atoms with Crippen LogP contribution >= 0.6 is 0 Å². The molecule has 0 aliphatic carbocycles. The molecule has 0 spiro atoms. The normalized spacial score (nSPS) is 11.3. The second-order valence-corrected chi connectivity index (χ2v) is 10.9. The van der Waals surface area contributed by atoms with Gasteiger partial charge in [0.25, 0.3) is 0 Å². The number of fused-ring (bicyclic) bond motifs is 2. The van der Waals surface area contributed by atoms with Crippen LogP contribution in [-0.4, -0.2) is 54.7 Å². The van der Waals surface area contributed by atoms with Crippen LogP contribution in [0.5, 0.6) is 5.75 Å². The molecule has 0 saturated carbocycles. The minimum Gasteiger partial charge on any atom is -0.494 e. The zero-order chi connectivity index (χ0) is 29.6. The van der Waals surface area contributed by atoms with Gasteiger partial charge in [0.1, 0.15) is 17.1 Å². The van der Waals surface area contributed by atoms with E-state index in [1.54, 1.807) is 37.4 Å². The number of H-pyrrole nitrogens is 1. The minimum absolute atomic E-state index is 0.108. The van der Waals surface area contributed by atoms with Crippen LogP contribution in [0.25, 0.3) is 44.3 Å². The van der Waals surface area contributed by atoms with Gasteiger partial charge in [-0.05, 0) is 50.1 Å². The number of rotatable bonds is 9. The monoisotopic (exact) mass is 580 g/mol. The molecular weight excluding hydrogens is 547 g/mol. The Kier molecular flexibility index (Phi) is 9.35.